The zero-order valence-corrected chi connectivity index (χ0v) is 12.6. The molecule has 2 unspecified atom stereocenters. The number of aromatic nitrogens is 1. The number of nitrogens with one attached hydrogen (secondary N) is 1. The van der Waals surface area contributed by atoms with Gasteiger partial charge >= 0.3 is 0 Å². The van der Waals surface area contributed by atoms with Crippen LogP contribution in [0.1, 0.15) is 57.7 Å². The summed E-state index contributed by atoms with van der Waals surface area (Å²) in [5.74, 6) is 0. The third-order valence-corrected chi connectivity index (χ3v) is 5.27. The fraction of sp³-hybridized carbons (Fsp3) is 0.706. The van der Waals surface area contributed by atoms with E-state index in [0.29, 0.717) is 23.6 Å². The Balaban J connectivity index is 1.66. The Hall–Kier alpha value is -0.930. The molecule has 3 rings (SSSR count). The first-order chi connectivity index (χ1) is 9.76. The van der Waals surface area contributed by atoms with Gasteiger partial charge in [-0.05, 0) is 45.2 Å². The summed E-state index contributed by atoms with van der Waals surface area (Å²) in [7, 11) is 0. The van der Waals surface area contributed by atoms with Crippen molar-refractivity contribution < 1.29 is 4.74 Å². The monoisotopic (exact) mass is 274 g/mol. The predicted octanol–water partition coefficient (Wildman–Crippen LogP) is 3.47. The third-order valence-electron chi connectivity index (χ3n) is 5.27. The molecule has 110 valence electrons. The molecule has 0 amide bonds. The number of hydrogen-bond acceptors (Lipinski definition) is 3. The van der Waals surface area contributed by atoms with E-state index in [1.54, 1.807) is 0 Å². The Morgan fingerprint density at radius 3 is 2.85 bits per heavy atom. The summed E-state index contributed by atoms with van der Waals surface area (Å²) in [5.41, 5.74) is 1.54. The molecule has 2 fully saturated rings. The van der Waals surface area contributed by atoms with Crippen molar-refractivity contribution in [3.05, 3.63) is 30.1 Å². The van der Waals surface area contributed by atoms with Crippen LogP contribution in [-0.4, -0.2) is 23.7 Å². The first-order valence-electron chi connectivity index (χ1n) is 8.05. The normalized spacial score (nSPS) is 29.3. The molecule has 1 aromatic heterocycles. The molecule has 1 spiro atoms. The molecular formula is C17H26N2O. The molecule has 2 saturated carbocycles. The van der Waals surface area contributed by atoms with Crippen molar-refractivity contribution in [1.29, 1.82) is 0 Å². The molecule has 0 aromatic carbocycles. The molecule has 1 heterocycles. The van der Waals surface area contributed by atoms with Gasteiger partial charge in [0.25, 0.3) is 0 Å². The van der Waals surface area contributed by atoms with Crippen LogP contribution in [0.2, 0.25) is 0 Å². The second kappa shape index (κ2) is 5.82. The summed E-state index contributed by atoms with van der Waals surface area (Å²) >= 11 is 0. The van der Waals surface area contributed by atoms with E-state index in [0.717, 1.165) is 18.7 Å². The first-order valence-corrected chi connectivity index (χ1v) is 8.05. The SMILES string of the molecule is CCOC1CC(N[C@@H](C)c2ccccn2)C12CCCC2. The van der Waals surface area contributed by atoms with E-state index in [-0.39, 0.29) is 0 Å². The second-order valence-electron chi connectivity index (χ2n) is 6.32. The van der Waals surface area contributed by atoms with Crippen LogP contribution >= 0.6 is 0 Å². The summed E-state index contributed by atoms with van der Waals surface area (Å²) in [6.07, 6.45) is 8.88. The van der Waals surface area contributed by atoms with Crippen molar-refractivity contribution in [3.8, 4) is 0 Å². The minimum Gasteiger partial charge on any atom is -0.378 e. The molecular weight excluding hydrogens is 248 g/mol. The third kappa shape index (κ3) is 2.38. The van der Waals surface area contributed by atoms with Crippen molar-refractivity contribution in [1.82, 2.24) is 10.3 Å². The summed E-state index contributed by atoms with van der Waals surface area (Å²) < 4.78 is 5.98. The molecule has 0 bridgehead atoms. The zero-order valence-electron chi connectivity index (χ0n) is 12.6. The van der Waals surface area contributed by atoms with E-state index in [1.807, 2.05) is 12.3 Å². The number of hydrogen-bond donors (Lipinski definition) is 1. The van der Waals surface area contributed by atoms with Gasteiger partial charge in [0.1, 0.15) is 0 Å². The molecule has 2 aliphatic rings. The number of ether oxygens (including phenoxy) is 1. The molecule has 20 heavy (non-hydrogen) atoms. The van der Waals surface area contributed by atoms with Gasteiger partial charge < -0.3 is 10.1 Å². The lowest BCUT2D eigenvalue weighted by atomic mass is 9.60. The van der Waals surface area contributed by atoms with Gasteiger partial charge in [-0.3, -0.25) is 4.98 Å². The van der Waals surface area contributed by atoms with E-state index in [4.69, 9.17) is 4.74 Å². The maximum atomic E-state index is 5.98. The van der Waals surface area contributed by atoms with Gasteiger partial charge in [0.15, 0.2) is 0 Å². The molecule has 1 aromatic rings. The Kier molecular flexibility index (Phi) is 4.08. The maximum Gasteiger partial charge on any atom is 0.0661 e. The molecule has 3 atom stereocenters. The molecule has 0 radical (unpaired) electrons. The fourth-order valence-electron chi connectivity index (χ4n) is 4.14. The largest absolute Gasteiger partial charge is 0.378 e. The van der Waals surface area contributed by atoms with Crippen molar-refractivity contribution >= 4 is 0 Å². The lowest BCUT2D eigenvalue weighted by Crippen LogP contribution is -2.63. The maximum absolute atomic E-state index is 5.98. The number of nitrogens with zero attached hydrogens (tertiary/aromatic N) is 1. The Labute approximate surface area is 122 Å². The summed E-state index contributed by atoms with van der Waals surface area (Å²) in [5, 5.41) is 3.81. The van der Waals surface area contributed by atoms with Gasteiger partial charge in [0, 0.05) is 30.3 Å². The van der Waals surface area contributed by atoms with Crippen molar-refractivity contribution in [2.45, 2.75) is 64.1 Å². The molecule has 3 nitrogen and oxygen atoms in total. The van der Waals surface area contributed by atoms with Crippen LogP contribution in [0.15, 0.2) is 24.4 Å². The molecule has 3 heteroatoms. The highest BCUT2D eigenvalue weighted by Gasteiger charge is 2.56. The van der Waals surface area contributed by atoms with E-state index in [1.165, 1.54) is 25.7 Å². The van der Waals surface area contributed by atoms with Gasteiger partial charge in [-0.2, -0.15) is 0 Å². The Morgan fingerprint density at radius 1 is 1.40 bits per heavy atom. The van der Waals surface area contributed by atoms with Crippen LogP contribution in [0.25, 0.3) is 0 Å². The van der Waals surface area contributed by atoms with Gasteiger partial charge in [-0.15, -0.1) is 0 Å². The lowest BCUT2D eigenvalue weighted by Gasteiger charge is -2.55. The van der Waals surface area contributed by atoms with E-state index in [2.05, 4.69) is 36.3 Å². The fourth-order valence-corrected chi connectivity index (χ4v) is 4.14. The van der Waals surface area contributed by atoms with Crippen molar-refractivity contribution in [2.24, 2.45) is 5.41 Å². The minimum absolute atomic E-state index is 0.321. The quantitative estimate of drug-likeness (QED) is 0.892. The van der Waals surface area contributed by atoms with Gasteiger partial charge in [-0.25, -0.2) is 0 Å². The highest BCUT2D eigenvalue weighted by Crippen LogP contribution is 2.55. The molecule has 2 aliphatic carbocycles. The highest BCUT2D eigenvalue weighted by atomic mass is 16.5. The Morgan fingerprint density at radius 2 is 2.20 bits per heavy atom. The first kappa shape index (κ1) is 14.0. The van der Waals surface area contributed by atoms with Gasteiger partial charge in [0.05, 0.1) is 11.8 Å². The topological polar surface area (TPSA) is 34.1 Å². The van der Waals surface area contributed by atoms with Crippen molar-refractivity contribution in [3.63, 3.8) is 0 Å². The van der Waals surface area contributed by atoms with Crippen LogP contribution < -0.4 is 5.32 Å². The van der Waals surface area contributed by atoms with Gasteiger partial charge in [-0.1, -0.05) is 18.9 Å². The molecule has 1 N–H and O–H groups in total. The van der Waals surface area contributed by atoms with Gasteiger partial charge in [0.2, 0.25) is 0 Å². The molecule has 0 saturated heterocycles. The van der Waals surface area contributed by atoms with Crippen LogP contribution in [0.5, 0.6) is 0 Å². The Bertz CT molecular complexity index is 428. The van der Waals surface area contributed by atoms with Crippen LogP contribution in [-0.2, 0) is 4.74 Å². The second-order valence-corrected chi connectivity index (χ2v) is 6.32. The molecule has 0 aliphatic heterocycles. The minimum atomic E-state index is 0.321. The number of pyridine rings is 1. The van der Waals surface area contributed by atoms with Crippen LogP contribution in [0, 0.1) is 5.41 Å². The average Bonchev–Trinajstić information content (AvgIpc) is 2.99. The average molecular weight is 274 g/mol. The van der Waals surface area contributed by atoms with E-state index < -0.39 is 0 Å². The van der Waals surface area contributed by atoms with Crippen molar-refractivity contribution in [2.75, 3.05) is 6.61 Å². The van der Waals surface area contributed by atoms with E-state index in [9.17, 15) is 0 Å². The summed E-state index contributed by atoms with van der Waals surface area (Å²) in [4.78, 5) is 4.47. The zero-order chi connectivity index (χ0) is 14.0. The summed E-state index contributed by atoms with van der Waals surface area (Å²) in [6, 6.07) is 7.07. The summed E-state index contributed by atoms with van der Waals surface area (Å²) in [6.45, 7) is 5.17. The van der Waals surface area contributed by atoms with Crippen LogP contribution in [0.4, 0.5) is 0 Å². The lowest BCUT2D eigenvalue weighted by molar-refractivity contribution is -0.132. The highest BCUT2D eigenvalue weighted by molar-refractivity contribution is 5.13. The predicted molar refractivity (Wildman–Crippen MR) is 80.5 cm³/mol. The van der Waals surface area contributed by atoms with Crippen LogP contribution in [0.3, 0.4) is 0 Å². The standard InChI is InChI=1S/C17H26N2O/c1-3-20-16-12-15(17(16)9-5-6-10-17)19-13(2)14-8-4-7-11-18-14/h4,7-8,11,13,15-16,19H,3,5-6,9-10,12H2,1-2H3/t13-,15?,16?/m0/s1. The van der Waals surface area contributed by atoms with E-state index >= 15 is 0 Å². The number of rotatable bonds is 5. The smallest absolute Gasteiger partial charge is 0.0661 e.